The van der Waals surface area contributed by atoms with E-state index in [1.165, 1.54) is 59.5 Å². The number of nitrogens with zero attached hydrogens (tertiary/aromatic N) is 1. The van der Waals surface area contributed by atoms with Crippen molar-refractivity contribution < 1.29 is 28.9 Å². The lowest BCUT2D eigenvalue weighted by Gasteiger charge is -2.25. The summed E-state index contributed by atoms with van der Waals surface area (Å²) >= 11 is 6.15. The topological polar surface area (TPSA) is 87.1 Å². The number of aliphatic hydroxyl groups is 1. The van der Waals surface area contributed by atoms with Crippen LogP contribution in [-0.2, 0) is 16.1 Å². The molecule has 0 bridgehead atoms. The summed E-state index contributed by atoms with van der Waals surface area (Å²) in [5.41, 5.74) is 1.27. The fourth-order valence-electron chi connectivity index (χ4n) is 3.91. The fourth-order valence-corrected chi connectivity index (χ4v) is 4.08. The average molecular weight is 482 g/mol. The highest BCUT2D eigenvalue weighted by Gasteiger charge is 2.46. The Morgan fingerprint density at radius 1 is 1.06 bits per heavy atom. The van der Waals surface area contributed by atoms with Crippen molar-refractivity contribution in [1.82, 2.24) is 4.90 Å². The average Bonchev–Trinajstić information content (AvgIpc) is 3.07. The lowest BCUT2D eigenvalue weighted by atomic mass is 9.95. The molecule has 0 saturated carbocycles. The van der Waals surface area contributed by atoms with Gasteiger partial charge >= 0.3 is 0 Å². The summed E-state index contributed by atoms with van der Waals surface area (Å²) in [5, 5.41) is 21.2. The number of ether oxygens (including phenoxy) is 1. The van der Waals surface area contributed by atoms with Crippen molar-refractivity contribution >= 4 is 29.1 Å². The third-order valence-electron chi connectivity index (χ3n) is 5.52. The Kier molecular flexibility index (Phi) is 6.56. The molecular weight excluding hydrogens is 461 g/mol. The summed E-state index contributed by atoms with van der Waals surface area (Å²) in [7, 11) is 0. The van der Waals surface area contributed by atoms with Crippen LogP contribution >= 0.6 is 11.6 Å². The molecule has 1 aliphatic rings. The minimum atomic E-state index is -0.933. The number of phenols is 1. The molecule has 3 aromatic carbocycles. The van der Waals surface area contributed by atoms with Gasteiger partial charge in [0.05, 0.1) is 23.2 Å². The number of likely N-dealkylation sites (tertiary alicyclic amines) is 1. The van der Waals surface area contributed by atoms with Crippen LogP contribution in [0.25, 0.3) is 5.76 Å². The smallest absolute Gasteiger partial charge is 0.295 e. The number of aliphatic hydroxyl groups excluding tert-OH is 1. The van der Waals surface area contributed by atoms with E-state index in [4.69, 9.17) is 16.3 Å². The summed E-state index contributed by atoms with van der Waals surface area (Å²) in [6.45, 7) is 2.14. The van der Waals surface area contributed by atoms with E-state index in [2.05, 4.69) is 0 Å². The van der Waals surface area contributed by atoms with Gasteiger partial charge in [0, 0.05) is 12.1 Å². The molecule has 3 aromatic rings. The number of phenolic OH excluding ortho intramolecular Hbond substituents is 1. The predicted molar refractivity (Wildman–Crippen MR) is 125 cm³/mol. The minimum absolute atomic E-state index is 0.0119. The summed E-state index contributed by atoms with van der Waals surface area (Å²) in [4.78, 5) is 27.5. The van der Waals surface area contributed by atoms with Crippen molar-refractivity contribution in [1.29, 1.82) is 0 Å². The second kappa shape index (κ2) is 9.57. The minimum Gasteiger partial charge on any atom is -0.508 e. The molecule has 8 heteroatoms. The van der Waals surface area contributed by atoms with Crippen LogP contribution in [0.1, 0.15) is 29.7 Å². The van der Waals surface area contributed by atoms with Gasteiger partial charge < -0.3 is 19.8 Å². The van der Waals surface area contributed by atoms with Crippen LogP contribution < -0.4 is 4.74 Å². The van der Waals surface area contributed by atoms with Gasteiger partial charge in [0.25, 0.3) is 11.7 Å². The molecule has 4 rings (SSSR count). The fraction of sp³-hybridized carbons (Fsp3) is 0.154. The number of ketones is 1. The van der Waals surface area contributed by atoms with Crippen molar-refractivity contribution in [3.05, 3.63) is 99.8 Å². The Balaban J connectivity index is 1.85. The maximum Gasteiger partial charge on any atom is 0.295 e. The van der Waals surface area contributed by atoms with E-state index >= 15 is 0 Å². The number of benzene rings is 3. The second-order valence-electron chi connectivity index (χ2n) is 7.72. The highest BCUT2D eigenvalue weighted by Crippen LogP contribution is 2.41. The molecule has 2 N–H and O–H groups in total. The highest BCUT2D eigenvalue weighted by atomic mass is 35.5. The number of rotatable bonds is 6. The molecule has 1 heterocycles. The first-order chi connectivity index (χ1) is 16.3. The quantitative estimate of drug-likeness (QED) is 0.287. The predicted octanol–water partition coefficient (Wildman–Crippen LogP) is 5.21. The van der Waals surface area contributed by atoms with Crippen molar-refractivity contribution in [2.45, 2.75) is 19.5 Å². The molecule has 0 aliphatic carbocycles. The van der Waals surface area contributed by atoms with E-state index in [0.717, 1.165) is 0 Å². The Morgan fingerprint density at radius 2 is 1.74 bits per heavy atom. The molecule has 1 aliphatic heterocycles. The van der Waals surface area contributed by atoms with E-state index in [-0.39, 0.29) is 29.2 Å². The van der Waals surface area contributed by atoms with Crippen molar-refractivity contribution in [3.8, 4) is 11.5 Å². The first-order valence-corrected chi connectivity index (χ1v) is 10.9. The molecule has 174 valence electrons. The van der Waals surface area contributed by atoms with Crippen LogP contribution in [-0.4, -0.2) is 33.4 Å². The van der Waals surface area contributed by atoms with E-state index in [9.17, 15) is 24.2 Å². The van der Waals surface area contributed by atoms with Crippen molar-refractivity contribution in [2.24, 2.45) is 0 Å². The molecule has 1 amide bonds. The molecule has 6 nitrogen and oxygen atoms in total. The van der Waals surface area contributed by atoms with Gasteiger partial charge in [-0.1, -0.05) is 35.9 Å². The van der Waals surface area contributed by atoms with E-state index in [0.29, 0.717) is 28.5 Å². The number of hydrogen-bond acceptors (Lipinski definition) is 5. The third kappa shape index (κ3) is 4.47. The number of hydrogen-bond donors (Lipinski definition) is 2. The molecule has 1 atom stereocenters. The van der Waals surface area contributed by atoms with Crippen molar-refractivity contribution in [2.75, 3.05) is 6.61 Å². The number of aromatic hydroxyl groups is 1. The summed E-state index contributed by atoms with van der Waals surface area (Å²) in [6.07, 6.45) is 0. The molecule has 0 spiro atoms. The number of carbonyl (C=O) groups excluding carboxylic acids is 2. The standard InChI is InChI=1S/C26H21ClFNO5/c1-2-34-21-13-17(7-12-20(21)27)24(31)22-23(16-5-10-19(30)11-6-16)29(26(33)25(22)32)14-15-3-8-18(28)9-4-15/h3-13,23,30-31H,2,14H2,1H3/b24-22-. The zero-order valence-electron chi connectivity index (χ0n) is 18.2. The normalized spacial score (nSPS) is 17.3. The third-order valence-corrected chi connectivity index (χ3v) is 5.83. The Morgan fingerprint density at radius 3 is 2.38 bits per heavy atom. The van der Waals surface area contributed by atoms with Gasteiger partial charge in [0.15, 0.2) is 0 Å². The monoisotopic (exact) mass is 481 g/mol. The molecule has 1 unspecified atom stereocenters. The molecule has 0 radical (unpaired) electrons. The van der Waals surface area contributed by atoms with Gasteiger partial charge in [-0.05, 0) is 60.5 Å². The van der Waals surface area contributed by atoms with Crippen molar-refractivity contribution in [3.63, 3.8) is 0 Å². The van der Waals surface area contributed by atoms with Crippen LogP contribution in [0.15, 0.2) is 72.3 Å². The van der Waals surface area contributed by atoms with Gasteiger partial charge in [-0.3, -0.25) is 9.59 Å². The lowest BCUT2D eigenvalue weighted by molar-refractivity contribution is -0.140. The zero-order valence-corrected chi connectivity index (χ0v) is 18.9. The number of amides is 1. The van der Waals surface area contributed by atoms with E-state index < -0.39 is 23.5 Å². The maximum atomic E-state index is 13.4. The largest absolute Gasteiger partial charge is 0.508 e. The molecular formula is C26H21ClFNO5. The van der Waals surface area contributed by atoms with Crippen LogP contribution in [0.2, 0.25) is 5.02 Å². The van der Waals surface area contributed by atoms with Crippen LogP contribution in [0.3, 0.4) is 0 Å². The van der Waals surface area contributed by atoms with Crippen LogP contribution in [0.5, 0.6) is 11.5 Å². The molecule has 0 aromatic heterocycles. The highest BCUT2D eigenvalue weighted by molar-refractivity contribution is 6.46. The van der Waals surface area contributed by atoms with E-state index in [1.54, 1.807) is 19.1 Å². The van der Waals surface area contributed by atoms with Crippen LogP contribution in [0.4, 0.5) is 4.39 Å². The van der Waals surface area contributed by atoms with Gasteiger partial charge in [0.2, 0.25) is 0 Å². The lowest BCUT2D eigenvalue weighted by Crippen LogP contribution is -2.29. The first kappa shape index (κ1) is 23.3. The Bertz CT molecular complexity index is 1270. The summed E-state index contributed by atoms with van der Waals surface area (Å²) < 4.78 is 18.9. The van der Waals surface area contributed by atoms with E-state index in [1.807, 2.05) is 0 Å². The zero-order chi connectivity index (χ0) is 24.4. The number of Topliss-reactive ketones (excluding diaryl/α,β-unsaturated/α-hetero) is 1. The maximum absolute atomic E-state index is 13.4. The van der Waals surface area contributed by atoms with Crippen LogP contribution in [0, 0.1) is 5.82 Å². The SMILES string of the molecule is CCOc1cc(/C(O)=C2/C(=O)C(=O)N(Cc3ccc(F)cc3)C2c2ccc(O)cc2)ccc1Cl. The van der Waals surface area contributed by atoms with Gasteiger partial charge in [-0.15, -0.1) is 0 Å². The Labute approximate surface area is 200 Å². The second-order valence-corrected chi connectivity index (χ2v) is 8.13. The first-order valence-electron chi connectivity index (χ1n) is 10.5. The summed E-state index contributed by atoms with van der Waals surface area (Å²) in [5.74, 6) is -2.12. The molecule has 1 saturated heterocycles. The molecule has 34 heavy (non-hydrogen) atoms. The van der Waals surface area contributed by atoms with Gasteiger partial charge in [-0.2, -0.15) is 0 Å². The molecule has 1 fully saturated rings. The van der Waals surface area contributed by atoms with Gasteiger partial charge in [-0.25, -0.2) is 4.39 Å². The Hall–Kier alpha value is -3.84. The number of halogens is 2. The summed E-state index contributed by atoms with van der Waals surface area (Å²) in [6, 6.07) is 15.2. The number of carbonyl (C=O) groups is 2. The van der Waals surface area contributed by atoms with Gasteiger partial charge in [0.1, 0.15) is 23.1 Å².